The molecule has 2 atom stereocenters. The van der Waals surface area contributed by atoms with Gasteiger partial charge in [-0.1, -0.05) is 13.0 Å². The lowest BCUT2D eigenvalue weighted by molar-refractivity contribution is -0.137. The zero-order chi connectivity index (χ0) is 15.6. The fraction of sp³-hybridized carbons (Fsp3) is 0.625. The summed E-state index contributed by atoms with van der Waals surface area (Å²) >= 11 is 0. The predicted molar refractivity (Wildman–Crippen MR) is 76.1 cm³/mol. The van der Waals surface area contributed by atoms with Crippen LogP contribution < -0.4 is 5.32 Å². The molecule has 1 N–H and O–H groups in total. The number of nitrogens with one attached hydrogen (secondary N) is 1. The average molecular weight is 301 g/mol. The van der Waals surface area contributed by atoms with Crippen LogP contribution in [-0.4, -0.2) is 19.8 Å². The standard InChI is InChI=1S/C16H22F3NO/c1-4-20-14(15(21-3)11-5-6-11)13-8-7-12(9-10(13)2)16(17,18)19/h7-9,11,14-15,20H,4-6H2,1-3H3. The first-order chi connectivity index (χ1) is 9.88. The number of halogens is 3. The number of benzene rings is 1. The van der Waals surface area contributed by atoms with Crippen molar-refractivity contribution < 1.29 is 17.9 Å². The van der Waals surface area contributed by atoms with Crippen LogP contribution in [0.3, 0.4) is 0 Å². The van der Waals surface area contributed by atoms with Gasteiger partial charge in [0, 0.05) is 7.11 Å². The molecule has 1 fully saturated rings. The van der Waals surface area contributed by atoms with Gasteiger partial charge < -0.3 is 10.1 Å². The summed E-state index contributed by atoms with van der Waals surface area (Å²) in [7, 11) is 1.67. The Kier molecular flexibility index (Phi) is 4.94. The van der Waals surface area contributed by atoms with Crippen LogP contribution in [0.2, 0.25) is 0 Å². The maximum absolute atomic E-state index is 12.8. The van der Waals surface area contributed by atoms with Gasteiger partial charge in [-0.15, -0.1) is 0 Å². The van der Waals surface area contributed by atoms with Crippen molar-refractivity contribution >= 4 is 0 Å². The molecule has 1 saturated carbocycles. The number of alkyl halides is 3. The van der Waals surface area contributed by atoms with Crippen LogP contribution in [0.4, 0.5) is 13.2 Å². The molecule has 0 saturated heterocycles. The van der Waals surface area contributed by atoms with Crippen LogP contribution in [0.5, 0.6) is 0 Å². The molecular weight excluding hydrogens is 279 g/mol. The molecular formula is C16H22F3NO. The van der Waals surface area contributed by atoms with Gasteiger partial charge >= 0.3 is 6.18 Å². The van der Waals surface area contributed by atoms with Gasteiger partial charge in [0.25, 0.3) is 0 Å². The van der Waals surface area contributed by atoms with Crippen LogP contribution >= 0.6 is 0 Å². The molecule has 5 heteroatoms. The van der Waals surface area contributed by atoms with E-state index in [2.05, 4.69) is 5.32 Å². The molecule has 0 radical (unpaired) electrons. The molecule has 118 valence electrons. The Balaban J connectivity index is 2.31. The quantitative estimate of drug-likeness (QED) is 0.854. The maximum atomic E-state index is 12.8. The second-order valence-corrected chi connectivity index (χ2v) is 5.64. The summed E-state index contributed by atoms with van der Waals surface area (Å²) in [5.74, 6) is 0.501. The summed E-state index contributed by atoms with van der Waals surface area (Å²) in [5, 5.41) is 3.36. The Labute approximate surface area is 123 Å². The molecule has 0 heterocycles. The minimum Gasteiger partial charge on any atom is -0.379 e. The fourth-order valence-corrected chi connectivity index (χ4v) is 2.85. The van der Waals surface area contributed by atoms with Crippen LogP contribution in [0.1, 0.15) is 42.5 Å². The lowest BCUT2D eigenvalue weighted by atomic mass is 9.93. The number of hydrogen-bond donors (Lipinski definition) is 1. The Morgan fingerprint density at radius 2 is 2.00 bits per heavy atom. The van der Waals surface area contributed by atoms with Gasteiger partial charge in [-0.3, -0.25) is 0 Å². The topological polar surface area (TPSA) is 21.3 Å². The summed E-state index contributed by atoms with van der Waals surface area (Å²) < 4.78 is 43.9. The van der Waals surface area contributed by atoms with Gasteiger partial charge in [0.1, 0.15) is 0 Å². The Morgan fingerprint density at radius 3 is 2.43 bits per heavy atom. The smallest absolute Gasteiger partial charge is 0.379 e. The summed E-state index contributed by atoms with van der Waals surface area (Å²) in [5.41, 5.74) is 0.946. The highest BCUT2D eigenvalue weighted by molar-refractivity contribution is 5.35. The Hall–Kier alpha value is -1.07. The Bertz CT molecular complexity index is 483. The second kappa shape index (κ2) is 6.36. The molecule has 21 heavy (non-hydrogen) atoms. The van der Waals surface area contributed by atoms with Crippen molar-refractivity contribution in [2.24, 2.45) is 5.92 Å². The number of likely N-dealkylation sites (N-methyl/N-ethyl adjacent to an activating group) is 1. The number of rotatable bonds is 6. The highest BCUT2D eigenvalue weighted by Gasteiger charge is 2.38. The fourth-order valence-electron chi connectivity index (χ4n) is 2.85. The van der Waals surface area contributed by atoms with E-state index in [-0.39, 0.29) is 12.1 Å². The molecule has 1 aromatic carbocycles. The third-order valence-corrected chi connectivity index (χ3v) is 4.04. The predicted octanol–water partition coefficient (Wildman–Crippen LogP) is 4.09. The van der Waals surface area contributed by atoms with E-state index in [1.54, 1.807) is 20.1 Å². The largest absolute Gasteiger partial charge is 0.416 e. The van der Waals surface area contributed by atoms with Crippen LogP contribution in [0.25, 0.3) is 0 Å². The molecule has 1 aliphatic rings. The van der Waals surface area contributed by atoms with Gasteiger partial charge in [-0.05, 0) is 55.5 Å². The number of ether oxygens (including phenoxy) is 1. The van der Waals surface area contributed by atoms with E-state index in [1.165, 1.54) is 6.07 Å². The van der Waals surface area contributed by atoms with Gasteiger partial charge in [-0.25, -0.2) is 0 Å². The van der Waals surface area contributed by atoms with Crippen molar-refractivity contribution in [1.29, 1.82) is 0 Å². The van der Waals surface area contributed by atoms with Crippen molar-refractivity contribution in [2.75, 3.05) is 13.7 Å². The summed E-state index contributed by atoms with van der Waals surface area (Å²) in [6.07, 6.45) is -2.03. The molecule has 0 spiro atoms. The summed E-state index contributed by atoms with van der Waals surface area (Å²) in [6, 6.07) is 3.90. The number of aryl methyl sites for hydroxylation is 1. The third-order valence-electron chi connectivity index (χ3n) is 4.04. The van der Waals surface area contributed by atoms with E-state index in [0.717, 1.165) is 31.0 Å². The second-order valence-electron chi connectivity index (χ2n) is 5.64. The molecule has 0 aliphatic heterocycles. The molecule has 1 aromatic rings. The molecule has 2 nitrogen and oxygen atoms in total. The van der Waals surface area contributed by atoms with Crippen LogP contribution in [-0.2, 0) is 10.9 Å². The minimum absolute atomic E-state index is 0.0142. The van der Waals surface area contributed by atoms with E-state index in [9.17, 15) is 13.2 Å². The first-order valence-corrected chi connectivity index (χ1v) is 7.32. The molecule has 2 unspecified atom stereocenters. The lowest BCUT2D eigenvalue weighted by Gasteiger charge is -2.29. The molecule has 1 aliphatic carbocycles. The number of methoxy groups -OCH3 is 1. The molecule has 0 bridgehead atoms. The average Bonchev–Trinajstić information content (AvgIpc) is 3.22. The van der Waals surface area contributed by atoms with Gasteiger partial charge in [0.05, 0.1) is 17.7 Å². The lowest BCUT2D eigenvalue weighted by Crippen LogP contribution is -2.35. The van der Waals surface area contributed by atoms with E-state index in [1.807, 2.05) is 6.92 Å². The summed E-state index contributed by atoms with van der Waals surface area (Å²) in [6.45, 7) is 4.47. The monoisotopic (exact) mass is 301 g/mol. The molecule has 0 aromatic heterocycles. The maximum Gasteiger partial charge on any atom is 0.416 e. The third kappa shape index (κ3) is 3.77. The normalized spacial score (nSPS) is 18.6. The molecule has 0 amide bonds. The van der Waals surface area contributed by atoms with Crippen molar-refractivity contribution in [1.82, 2.24) is 5.32 Å². The van der Waals surface area contributed by atoms with E-state index < -0.39 is 11.7 Å². The Morgan fingerprint density at radius 1 is 1.33 bits per heavy atom. The highest BCUT2D eigenvalue weighted by atomic mass is 19.4. The van der Waals surface area contributed by atoms with Crippen molar-refractivity contribution in [3.63, 3.8) is 0 Å². The first-order valence-electron chi connectivity index (χ1n) is 7.32. The van der Waals surface area contributed by atoms with Crippen molar-refractivity contribution in [2.45, 2.75) is 45.0 Å². The van der Waals surface area contributed by atoms with Crippen LogP contribution in [0, 0.1) is 12.8 Å². The zero-order valence-corrected chi connectivity index (χ0v) is 12.6. The minimum atomic E-state index is -4.30. The van der Waals surface area contributed by atoms with Crippen molar-refractivity contribution in [3.8, 4) is 0 Å². The van der Waals surface area contributed by atoms with E-state index >= 15 is 0 Å². The van der Waals surface area contributed by atoms with Gasteiger partial charge in [-0.2, -0.15) is 13.2 Å². The highest BCUT2D eigenvalue weighted by Crippen LogP contribution is 2.41. The molecule has 2 rings (SSSR count). The van der Waals surface area contributed by atoms with Gasteiger partial charge in [0.15, 0.2) is 0 Å². The van der Waals surface area contributed by atoms with Gasteiger partial charge in [0.2, 0.25) is 0 Å². The SMILES string of the molecule is CCNC(c1ccc(C(F)(F)F)cc1C)C(OC)C1CC1. The van der Waals surface area contributed by atoms with Crippen molar-refractivity contribution in [3.05, 3.63) is 34.9 Å². The van der Waals surface area contributed by atoms with E-state index in [0.29, 0.717) is 11.5 Å². The summed E-state index contributed by atoms with van der Waals surface area (Å²) in [4.78, 5) is 0. The zero-order valence-electron chi connectivity index (χ0n) is 12.6. The number of hydrogen-bond acceptors (Lipinski definition) is 2. The first kappa shape index (κ1) is 16.3. The van der Waals surface area contributed by atoms with E-state index in [4.69, 9.17) is 4.74 Å². The van der Waals surface area contributed by atoms with Crippen LogP contribution in [0.15, 0.2) is 18.2 Å².